The zero-order chi connectivity index (χ0) is 15.1. The van der Waals surface area contributed by atoms with Crippen LogP contribution in [0.15, 0.2) is 24.3 Å². The van der Waals surface area contributed by atoms with Gasteiger partial charge in [0.1, 0.15) is 12.4 Å². The van der Waals surface area contributed by atoms with E-state index < -0.39 is 0 Å². The van der Waals surface area contributed by atoms with Crippen molar-refractivity contribution in [1.82, 2.24) is 10.3 Å². The Hall–Kier alpha value is -1.63. The molecule has 1 amide bonds. The molecule has 6 heteroatoms. The molecule has 1 unspecified atom stereocenters. The van der Waals surface area contributed by atoms with Gasteiger partial charge in [-0.15, -0.1) is 0 Å². The Morgan fingerprint density at radius 3 is 3.14 bits per heavy atom. The Kier molecular flexibility index (Phi) is 5.98. The molecule has 1 saturated heterocycles. The van der Waals surface area contributed by atoms with Gasteiger partial charge in [0.2, 0.25) is 0 Å². The molecule has 0 aromatic heterocycles. The largest absolute Gasteiger partial charge is 0.492 e. The maximum Gasteiger partial charge on any atom is 0.265 e. The Bertz CT molecular complexity index is 461. The van der Waals surface area contributed by atoms with Crippen LogP contribution in [-0.2, 0) is 4.74 Å². The number of hydrogen-bond acceptors (Lipinski definition) is 5. The molecule has 1 fully saturated rings. The van der Waals surface area contributed by atoms with Crippen LogP contribution in [-0.4, -0.2) is 50.3 Å². The molecule has 1 aromatic carbocycles. The monoisotopic (exact) mass is 293 g/mol. The minimum atomic E-state index is -0.323. The Morgan fingerprint density at radius 2 is 2.43 bits per heavy atom. The predicted octanol–water partition coefficient (Wildman–Crippen LogP) is 0.780. The first-order valence-electron chi connectivity index (χ1n) is 7.23. The van der Waals surface area contributed by atoms with E-state index in [0.717, 1.165) is 32.5 Å². The SMILES string of the molecule is CN(CCOc1cccc(C(=O)NN)c1)CC1CCCO1. The van der Waals surface area contributed by atoms with Crippen LogP contribution in [0.3, 0.4) is 0 Å². The summed E-state index contributed by atoms with van der Waals surface area (Å²) in [6.45, 7) is 3.19. The molecule has 0 bridgehead atoms. The maximum absolute atomic E-state index is 11.4. The number of nitrogens with zero attached hydrogens (tertiary/aromatic N) is 1. The molecule has 3 N–H and O–H groups in total. The van der Waals surface area contributed by atoms with Crippen molar-refractivity contribution in [2.45, 2.75) is 18.9 Å². The fraction of sp³-hybridized carbons (Fsp3) is 0.533. The lowest BCUT2D eigenvalue weighted by atomic mass is 10.2. The van der Waals surface area contributed by atoms with Crippen molar-refractivity contribution >= 4 is 5.91 Å². The highest BCUT2D eigenvalue weighted by molar-refractivity contribution is 5.94. The number of carbonyl (C=O) groups excluding carboxylic acids is 1. The maximum atomic E-state index is 11.4. The van der Waals surface area contributed by atoms with Crippen molar-refractivity contribution in [3.8, 4) is 5.75 Å². The summed E-state index contributed by atoms with van der Waals surface area (Å²) in [7, 11) is 2.06. The van der Waals surface area contributed by atoms with Crippen LogP contribution < -0.4 is 16.0 Å². The quantitative estimate of drug-likeness (QED) is 0.441. The molecule has 1 aliphatic heterocycles. The third-order valence-corrected chi connectivity index (χ3v) is 3.51. The number of rotatable bonds is 7. The van der Waals surface area contributed by atoms with Crippen molar-refractivity contribution in [2.75, 3.05) is 33.4 Å². The summed E-state index contributed by atoms with van der Waals surface area (Å²) in [6, 6.07) is 6.98. The number of hydrogen-bond donors (Lipinski definition) is 2. The van der Waals surface area contributed by atoms with Crippen LogP contribution in [0.1, 0.15) is 23.2 Å². The Labute approximate surface area is 125 Å². The normalized spacial score (nSPS) is 18.0. The number of carbonyl (C=O) groups is 1. The van der Waals surface area contributed by atoms with E-state index in [0.29, 0.717) is 24.0 Å². The molecule has 1 aromatic rings. The number of nitrogens with two attached hydrogens (primary N) is 1. The van der Waals surface area contributed by atoms with E-state index in [1.54, 1.807) is 18.2 Å². The minimum absolute atomic E-state index is 0.323. The molecular formula is C15H23N3O3. The Morgan fingerprint density at radius 1 is 1.57 bits per heavy atom. The first-order valence-corrected chi connectivity index (χ1v) is 7.23. The van der Waals surface area contributed by atoms with Crippen molar-refractivity contribution in [1.29, 1.82) is 0 Å². The van der Waals surface area contributed by atoms with Gasteiger partial charge in [-0.2, -0.15) is 0 Å². The number of likely N-dealkylation sites (N-methyl/N-ethyl adjacent to an activating group) is 1. The molecule has 0 radical (unpaired) electrons. The Balaban J connectivity index is 1.73. The topological polar surface area (TPSA) is 76.8 Å². The highest BCUT2D eigenvalue weighted by atomic mass is 16.5. The molecule has 0 aliphatic carbocycles. The average molecular weight is 293 g/mol. The summed E-state index contributed by atoms with van der Waals surface area (Å²) in [5, 5.41) is 0. The van der Waals surface area contributed by atoms with Crippen molar-refractivity contribution < 1.29 is 14.3 Å². The van der Waals surface area contributed by atoms with Gasteiger partial charge in [-0.3, -0.25) is 10.2 Å². The van der Waals surface area contributed by atoms with Crippen LogP contribution in [0.4, 0.5) is 0 Å². The van der Waals surface area contributed by atoms with Gasteiger partial charge in [-0.25, -0.2) is 5.84 Å². The number of amides is 1. The number of nitrogens with one attached hydrogen (secondary N) is 1. The molecule has 116 valence electrons. The van der Waals surface area contributed by atoms with E-state index in [1.165, 1.54) is 0 Å². The van der Waals surface area contributed by atoms with Gasteiger partial charge in [0, 0.05) is 25.3 Å². The fourth-order valence-corrected chi connectivity index (χ4v) is 2.36. The smallest absolute Gasteiger partial charge is 0.265 e. The lowest BCUT2D eigenvalue weighted by Gasteiger charge is -2.20. The summed E-state index contributed by atoms with van der Waals surface area (Å²) < 4.78 is 11.3. The molecule has 0 spiro atoms. The summed E-state index contributed by atoms with van der Waals surface area (Å²) in [5.74, 6) is 5.46. The zero-order valence-corrected chi connectivity index (χ0v) is 12.4. The standard InChI is InChI=1S/C15H23N3O3/c1-18(11-14-6-3-8-20-14)7-9-21-13-5-2-4-12(10-13)15(19)17-16/h2,4-5,10,14H,3,6-9,11,16H2,1H3,(H,17,19). The molecular weight excluding hydrogens is 270 g/mol. The highest BCUT2D eigenvalue weighted by Gasteiger charge is 2.17. The van der Waals surface area contributed by atoms with Gasteiger partial charge in [0.15, 0.2) is 0 Å². The molecule has 1 atom stereocenters. The highest BCUT2D eigenvalue weighted by Crippen LogP contribution is 2.14. The van der Waals surface area contributed by atoms with Gasteiger partial charge in [-0.1, -0.05) is 6.07 Å². The second kappa shape index (κ2) is 7.97. The van der Waals surface area contributed by atoms with E-state index in [9.17, 15) is 4.79 Å². The van der Waals surface area contributed by atoms with Gasteiger partial charge < -0.3 is 14.4 Å². The summed E-state index contributed by atoms with van der Waals surface area (Å²) in [6.07, 6.45) is 2.65. The van der Waals surface area contributed by atoms with Gasteiger partial charge >= 0.3 is 0 Å². The van der Waals surface area contributed by atoms with Crippen molar-refractivity contribution in [3.63, 3.8) is 0 Å². The third kappa shape index (κ3) is 5.00. The van der Waals surface area contributed by atoms with E-state index in [-0.39, 0.29) is 5.91 Å². The summed E-state index contributed by atoms with van der Waals surface area (Å²) >= 11 is 0. The number of benzene rings is 1. The van der Waals surface area contributed by atoms with Crippen LogP contribution in [0.5, 0.6) is 5.75 Å². The first kappa shape index (κ1) is 15.8. The zero-order valence-electron chi connectivity index (χ0n) is 12.4. The van der Waals surface area contributed by atoms with Crippen molar-refractivity contribution in [3.05, 3.63) is 29.8 Å². The molecule has 21 heavy (non-hydrogen) atoms. The second-order valence-corrected chi connectivity index (χ2v) is 5.25. The number of nitrogen functional groups attached to an aromatic ring is 1. The van der Waals surface area contributed by atoms with Gasteiger partial charge in [-0.05, 0) is 38.1 Å². The number of ether oxygens (including phenoxy) is 2. The molecule has 0 saturated carbocycles. The van der Waals surface area contributed by atoms with Crippen LogP contribution in [0, 0.1) is 0 Å². The van der Waals surface area contributed by atoms with Crippen LogP contribution in [0.25, 0.3) is 0 Å². The molecule has 1 aliphatic rings. The predicted molar refractivity (Wildman–Crippen MR) is 80.1 cm³/mol. The second-order valence-electron chi connectivity index (χ2n) is 5.25. The first-order chi connectivity index (χ1) is 10.2. The molecule has 1 heterocycles. The van der Waals surface area contributed by atoms with E-state index >= 15 is 0 Å². The van der Waals surface area contributed by atoms with E-state index in [4.69, 9.17) is 15.3 Å². The van der Waals surface area contributed by atoms with Gasteiger partial charge in [0.05, 0.1) is 6.10 Å². The molecule has 2 rings (SSSR count). The summed E-state index contributed by atoms with van der Waals surface area (Å²) in [4.78, 5) is 13.6. The van der Waals surface area contributed by atoms with Crippen LogP contribution in [0.2, 0.25) is 0 Å². The lowest BCUT2D eigenvalue weighted by Crippen LogP contribution is -2.32. The molecule has 6 nitrogen and oxygen atoms in total. The van der Waals surface area contributed by atoms with E-state index in [1.807, 2.05) is 6.07 Å². The van der Waals surface area contributed by atoms with E-state index in [2.05, 4.69) is 17.4 Å². The average Bonchev–Trinajstić information content (AvgIpc) is 2.99. The van der Waals surface area contributed by atoms with Crippen molar-refractivity contribution in [2.24, 2.45) is 5.84 Å². The summed E-state index contributed by atoms with van der Waals surface area (Å²) in [5.41, 5.74) is 2.60. The van der Waals surface area contributed by atoms with Crippen LogP contribution >= 0.6 is 0 Å². The fourth-order valence-electron chi connectivity index (χ4n) is 2.36. The minimum Gasteiger partial charge on any atom is -0.492 e. The number of hydrazine groups is 1. The third-order valence-electron chi connectivity index (χ3n) is 3.51. The lowest BCUT2D eigenvalue weighted by molar-refractivity contribution is 0.0771. The van der Waals surface area contributed by atoms with Gasteiger partial charge in [0.25, 0.3) is 5.91 Å².